The maximum absolute atomic E-state index is 6.03. The predicted octanol–water partition coefficient (Wildman–Crippen LogP) is 4.20. The number of rotatable bonds is 6. The number of benzene rings is 2. The van der Waals surface area contributed by atoms with Gasteiger partial charge in [-0.05, 0) is 66.9 Å². The van der Waals surface area contributed by atoms with Crippen LogP contribution in [0.15, 0.2) is 71.9 Å². The third-order valence-electron chi connectivity index (χ3n) is 3.94. The first kappa shape index (κ1) is 18.5. The highest BCUT2D eigenvalue weighted by atomic mass is 16.5. The van der Waals surface area contributed by atoms with Gasteiger partial charge in [-0.1, -0.05) is 24.3 Å². The van der Waals surface area contributed by atoms with Gasteiger partial charge in [-0.2, -0.15) is 0 Å². The van der Waals surface area contributed by atoms with Crippen molar-refractivity contribution in [1.82, 2.24) is 4.98 Å². The lowest BCUT2D eigenvalue weighted by atomic mass is 10.1. The highest BCUT2D eigenvalue weighted by molar-refractivity contribution is 5.92. The highest BCUT2D eigenvalue weighted by Gasteiger charge is 2.01. The molecule has 3 rings (SSSR count). The maximum Gasteiger partial charge on any atom is 0.193 e. The maximum atomic E-state index is 6.03. The van der Waals surface area contributed by atoms with Gasteiger partial charge in [0, 0.05) is 11.9 Å². The Hall–Kier alpha value is -3.34. The first-order chi connectivity index (χ1) is 13.1. The first-order valence-electron chi connectivity index (χ1n) is 8.85. The molecule has 0 fully saturated rings. The molecule has 0 bridgehead atoms. The summed E-state index contributed by atoms with van der Waals surface area (Å²) in [5, 5.41) is 3.14. The second kappa shape index (κ2) is 8.85. The molecule has 0 aliphatic heterocycles. The number of aryl methyl sites for hydroxylation is 2. The van der Waals surface area contributed by atoms with Gasteiger partial charge in [0.1, 0.15) is 12.4 Å². The van der Waals surface area contributed by atoms with E-state index in [-0.39, 0.29) is 0 Å². The van der Waals surface area contributed by atoms with E-state index < -0.39 is 0 Å². The smallest absolute Gasteiger partial charge is 0.193 e. The van der Waals surface area contributed by atoms with E-state index in [1.54, 1.807) is 6.20 Å². The van der Waals surface area contributed by atoms with E-state index in [2.05, 4.69) is 35.2 Å². The lowest BCUT2D eigenvalue weighted by molar-refractivity contribution is 0.301. The third-order valence-corrected chi connectivity index (χ3v) is 3.94. The Kier molecular flexibility index (Phi) is 6.05. The van der Waals surface area contributed by atoms with Gasteiger partial charge < -0.3 is 15.8 Å². The molecular formula is C22H24N4O. The van der Waals surface area contributed by atoms with Crippen LogP contribution in [0.3, 0.4) is 0 Å². The normalized spacial score (nSPS) is 11.3. The van der Waals surface area contributed by atoms with E-state index in [1.807, 2.05) is 54.6 Å². The fourth-order valence-corrected chi connectivity index (χ4v) is 2.79. The van der Waals surface area contributed by atoms with Crippen LogP contribution in [-0.2, 0) is 13.2 Å². The number of hydrogen-bond donors (Lipinski definition) is 2. The molecule has 5 heteroatoms. The van der Waals surface area contributed by atoms with Crippen molar-refractivity contribution in [2.75, 3.05) is 5.32 Å². The number of ether oxygens (including phenoxy) is 1. The first-order valence-corrected chi connectivity index (χ1v) is 8.85. The van der Waals surface area contributed by atoms with Gasteiger partial charge >= 0.3 is 0 Å². The van der Waals surface area contributed by atoms with Crippen molar-refractivity contribution in [2.24, 2.45) is 10.7 Å². The van der Waals surface area contributed by atoms with Crippen molar-refractivity contribution < 1.29 is 4.74 Å². The molecule has 0 atom stereocenters. The Balaban J connectivity index is 1.59. The summed E-state index contributed by atoms with van der Waals surface area (Å²) in [6.45, 7) is 5.03. The zero-order valence-electron chi connectivity index (χ0n) is 15.6. The van der Waals surface area contributed by atoms with Crippen LogP contribution in [0.4, 0.5) is 5.69 Å². The molecule has 0 spiro atoms. The number of aliphatic imine (C=N–C) groups is 1. The number of nitrogens with zero attached hydrogens (tertiary/aromatic N) is 2. The number of hydrogen-bond acceptors (Lipinski definition) is 3. The highest BCUT2D eigenvalue weighted by Crippen LogP contribution is 2.16. The summed E-state index contributed by atoms with van der Waals surface area (Å²) in [6, 6.07) is 19.8. The molecule has 0 aliphatic rings. The second-order valence-electron chi connectivity index (χ2n) is 6.46. The molecule has 5 nitrogen and oxygen atoms in total. The van der Waals surface area contributed by atoms with Crippen LogP contribution in [-0.4, -0.2) is 10.9 Å². The summed E-state index contributed by atoms with van der Waals surface area (Å²) in [7, 11) is 0. The summed E-state index contributed by atoms with van der Waals surface area (Å²) in [6.07, 6.45) is 1.76. The number of nitrogens with one attached hydrogen (secondary N) is 1. The molecular weight excluding hydrogens is 336 g/mol. The van der Waals surface area contributed by atoms with Gasteiger partial charge in [0.25, 0.3) is 0 Å². The summed E-state index contributed by atoms with van der Waals surface area (Å²) in [5.74, 6) is 1.17. The van der Waals surface area contributed by atoms with Crippen LogP contribution < -0.4 is 15.8 Å². The number of aromatic nitrogens is 1. The second-order valence-corrected chi connectivity index (χ2v) is 6.46. The fraction of sp³-hybridized carbons (Fsp3) is 0.182. The van der Waals surface area contributed by atoms with Crippen LogP contribution >= 0.6 is 0 Å². The standard InChI is InChI=1S/C22H24N4O/c1-16-10-17(2)12-20(11-16)26-22(23)25-14-18-6-5-8-21(13-18)27-15-19-7-3-4-9-24-19/h3-13H,14-15H2,1-2H3,(H3,23,25,26). The number of pyridine rings is 1. The molecule has 0 amide bonds. The summed E-state index contributed by atoms with van der Waals surface area (Å²) >= 11 is 0. The van der Waals surface area contributed by atoms with Gasteiger partial charge in [0.2, 0.25) is 0 Å². The topological polar surface area (TPSA) is 72.5 Å². The molecule has 0 saturated carbocycles. The monoisotopic (exact) mass is 360 g/mol. The minimum Gasteiger partial charge on any atom is -0.487 e. The summed E-state index contributed by atoms with van der Waals surface area (Å²) < 4.78 is 5.80. The molecule has 0 saturated heterocycles. The van der Waals surface area contributed by atoms with E-state index >= 15 is 0 Å². The zero-order chi connectivity index (χ0) is 19.1. The number of anilines is 1. The van der Waals surface area contributed by atoms with E-state index in [1.165, 1.54) is 11.1 Å². The lowest BCUT2D eigenvalue weighted by Crippen LogP contribution is -2.22. The molecule has 2 aromatic carbocycles. The Morgan fingerprint density at radius 1 is 1.04 bits per heavy atom. The minimum absolute atomic E-state index is 0.389. The summed E-state index contributed by atoms with van der Waals surface area (Å²) in [5.41, 5.74) is 11.3. The average molecular weight is 360 g/mol. The molecule has 27 heavy (non-hydrogen) atoms. The molecule has 0 radical (unpaired) electrons. The van der Waals surface area contributed by atoms with Crippen molar-refractivity contribution in [3.63, 3.8) is 0 Å². The van der Waals surface area contributed by atoms with Crippen molar-refractivity contribution in [2.45, 2.75) is 27.0 Å². The fourth-order valence-electron chi connectivity index (χ4n) is 2.79. The Morgan fingerprint density at radius 3 is 2.59 bits per heavy atom. The minimum atomic E-state index is 0.389. The Bertz CT molecular complexity index is 902. The molecule has 0 unspecified atom stereocenters. The SMILES string of the molecule is Cc1cc(C)cc(NC(N)=NCc2cccc(OCc3ccccn3)c2)c1. The van der Waals surface area contributed by atoms with Crippen molar-refractivity contribution in [3.05, 3.63) is 89.2 Å². The van der Waals surface area contributed by atoms with Gasteiger partial charge in [0.15, 0.2) is 5.96 Å². The van der Waals surface area contributed by atoms with Gasteiger partial charge in [0.05, 0.1) is 12.2 Å². The van der Waals surface area contributed by atoms with Crippen LogP contribution in [0, 0.1) is 13.8 Å². The van der Waals surface area contributed by atoms with Crippen LogP contribution in [0.5, 0.6) is 5.75 Å². The quantitative estimate of drug-likeness (QED) is 0.510. The lowest BCUT2D eigenvalue weighted by Gasteiger charge is -2.09. The van der Waals surface area contributed by atoms with E-state index in [9.17, 15) is 0 Å². The van der Waals surface area contributed by atoms with E-state index in [0.29, 0.717) is 19.1 Å². The van der Waals surface area contributed by atoms with Crippen LogP contribution in [0.1, 0.15) is 22.4 Å². The molecule has 1 aromatic heterocycles. The van der Waals surface area contributed by atoms with Crippen molar-refractivity contribution >= 4 is 11.6 Å². The Morgan fingerprint density at radius 2 is 1.85 bits per heavy atom. The van der Waals surface area contributed by atoms with E-state index in [0.717, 1.165) is 22.7 Å². The van der Waals surface area contributed by atoms with Crippen molar-refractivity contribution in [1.29, 1.82) is 0 Å². The van der Waals surface area contributed by atoms with Crippen molar-refractivity contribution in [3.8, 4) is 5.75 Å². The summed E-state index contributed by atoms with van der Waals surface area (Å²) in [4.78, 5) is 8.68. The van der Waals surface area contributed by atoms with Gasteiger partial charge in [-0.15, -0.1) is 0 Å². The van der Waals surface area contributed by atoms with Gasteiger partial charge in [-0.25, -0.2) is 4.99 Å². The molecule has 0 aliphatic carbocycles. The molecule has 3 aromatic rings. The number of nitrogens with two attached hydrogens (primary N) is 1. The third kappa shape index (κ3) is 5.85. The predicted molar refractivity (Wildman–Crippen MR) is 110 cm³/mol. The number of guanidine groups is 1. The Labute approximate surface area is 159 Å². The average Bonchev–Trinajstić information content (AvgIpc) is 2.65. The van der Waals surface area contributed by atoms with Crippen LogP contribution in [0.2, 0.25) is 0 Å². The largest absolute Gasteiger partial charge is 0.487 e. The zero-order valence-corrected chi connectivity index (χ0v) is 15.6. The molecule has 3 N–H and O–H groups in total. The van der Waals surface area contributed by atoms with Crippen LogP contribution in [0.25, 0.3) is 0 Å². The molecule has 138 valence electrons. The van der Waals surface area contributed by atoms with E-state index in [4.69, 9.17) is 10.5 Å². The molecule has 1 heterocycles. The van der Waals surface area contributed by atoms with Gasteiger partial charge in [-0.3, -0.25) is 4.98 Å².